The number of carbonyl (C=O) groups is 2. The number of aliphatic hydroxyl groups excluding tert-OH is 1. The third-order valence-corrected chi connectivity index (χ3v) is 7.98. The molecule has 2 amide bonds. The predicted molar refractivity (Wildman–Crippen MR) is 163 cm³/mol. The summed E-state index contributed by atoms with van der Waals surface area (Å²) in [6.07, 6.45) is -0.547. The van der Waals surface area contributed by atoms with Gasteiger partial charge in [-0.2, -0.15) is 0 Å². The van der Waals surface area contributed by atoms with Gasteiger partial charge in [0.15, 0.2) is 0 Å². The van der Waals surface area contributed by atoms with Gasteiger partial charge in [-0.3, -0.25) is 9.59 Å². The van der Waals surface area contributed by atoms with E-state index in [1.165, 1.54) is 4.90 Å². The summed E-state index contributed by atoms with van der Waals surface area (Å²) in [5, 5.41) is 16.7. The highest BCUT2D eigenvalue weighted by Crippen LogP contribution is 2.28. The number of carbonyl (C=O) groups excluding carboxylic acids is 2. The third kappa shape index (κ3) is 10.4. The SMILES string of the molecule is Cc1ncsc1-c1ccc(CNC(=O)C2C[C@@H](O)CN2C(=O)[C@@H](NCCOCCOCCOCCN)C(C)(C)C)cc1. The lowest BCUT2D eigenvalue weighted by Gasteiger charge is -2.35. The number of nitrogens with zero attached hydrogens (tertiary/aromatic N) is 2. The lowest BCUT2D eigenvalue weighted by Crippen LogP contribution is -2.57. The summed E-state index contributed by atoms with van der Waals surface area (Å²) in [6.45, 7) is 12.1. The van der Waals surface area contributed by atoms with Gasteiger partial charge in [0.25, 0.3) is 0 Å². The molecule has 11 nitrogen and oxygen atoms in total. The van der Waals surface area contributed by atoms with Crippen molar-refractivity contribution in [3.05, 3.63) is 41.0 Å². The van der Waals surface area contributed by atoms with Crippen molar-refractivity contribution in [1.82, 2.24) is 20.5 Å². The summed E-state index contributed by atoms with van der Waals surface area (Å²) in [4.78, 5) is 33.9. The summed E-state index contributed by atoms with van der Waals surface area (Å²) >= 11 is 1.60. The van der Waals surface area contributed by atoms with E-state index in [-0.39, 0.29) is 24.8 Å². The zero-order valence-corrected chi connectivity index (χ0v) is 26.1. The Morgan fingerprint density at radius 3 is 2.33 bits per heavy atom. The minimum atomic E-state index is -0.753. The number of aliphatic hydroxyl groups is 1. The summed E-state index contributed by atoms with van der Waals surface area (Å²) in [7, 11) is 0. The van der Waals surface area contributed by atoms with Crippen LogP contribution in [0.5, 0.6) is 0 Å². The number of likely N-dealkylation sites (tertiary alicyclic amines) is 1. The normalized spacial score (nSPS) is 17.9. The van der Waals surface area contributed by atoms with Crippen LogP contribution in [0, 0.1) is 12.3 Å². The van der Waals surface area contributed by atoms with E-state index in [9.17, 15) is 14.7 Å². The van der Waals surface area contributed by atoms with Gasteiger partial charge in [0.05, 0.1) is 67.9 Å². The molecule has 0 spiro atoms. The summed E-state index contributed by atoms with van der Waals surface area (Å²) < 4.78 is 16.3. The number of β-amino-alcohol motifs (C(OH)–C–C–N with tert-alkyl or cyclic N) is 1. The summed E-state index contributed by atoms with van der Waals surface area (Å²) in [5.74, 6) is -0.476. The summed E-state index contributed by atoms with van der Waals surface area (Å²) in [5.41, 5.74) is 9.81. The second kappa shape index (κ2) is 17.0. The number of aromatic nitrogens is 1. The van der Waals surface area contributed by atoms with Crippen molar-refractivity contribution in [2.75, 3.05) is 59.3 Å². The predicted octanol–water partition coefficient (Wildman–Crippen LogP) is 1.71. The molecule has 1 saturated heterocycles. The molecule has 0 saturated carbocycles. The number of amides is 2. The molecule has 1 fully saturated rings. The number of hydrogen-bond acceptors (Lipinski definition) is 10. The molecule has 3 atom stereocenters. The number of benzene rings is 1. The monoisotopic (exact) mass is 605 g/mol. The van der Waals surface area contributed by atoms with Crippen LogP contribution in [-0.2, 0) is 30.3 Å². The van der Waals surface area contributed by atoms with E-state index < -0.39 is 23.6 Å². The molecule has 1 aromatic carbocycles. The van der Waals surface area contributed by atoms with E-state index >= 15 is 0 Å². The molecule has 0 bridgehead atoms. The van der Waals surface area contributed by atoms with Crippen molar-refractivity contribution >= 4 is 23.2 Å². The zero-order valence-electron chi connectivity index (χ0n) is 25.3. The number of nitrogens with one attached hydrogen (secondary N) is 2. The van der Waals surface area contributed by atoms with Gasteiger partial charge in [0.2, 0.25) is 11.8 Å². The molecular formula is C30H47N5O6S. The molecular weight excluding hydrogens is 558 g/mol. The molecule has 1 aromatic heterocycles. The van der Waals surface area contributed by atoms with E-state index in [0.29, 0.717) is 59.3 Å². The molecule has 3 rings (SSSR count). The Hall–Kier alpha value is -2.45. The van der Waals surface area contributed by atoms with Crippen LogP contribution in [0.2, 0.25) is 0 Å². The van der Waals surface area contributed by atoms with Crippen LogP contribution in [0.1, 0.15) is 38.4 Å². The molecule has 234 valence electrons. The first-order chi connectivity index (χ1) is 20.1. The van der Waals surface area contributed by atoms with E-state index in [0.717, 1.165) is 21.7 Å². The fraction of sp³-hybridized carbons (Fsp3) is 0.633. The average molecular weight is 606 g/mol. The highest BCUT2D eigenvalue weighted by Gasteiger charge is 2.43. The van der Waals surface area contributed by atoms with E-state index in [1.807, 2.05) is 57.5 Å². The van der Waals surface area contributed by atoms with E-state index in [4.69, 9.17) is 19.9 Å². The Bertz CT molecular complexity index is 1110. The molecule has 42 heavy (non-hydrogen) atoms. The number of ether oxygens (including phenoxy) is 3. The zero-order chi connectivity index (χ0) is 30.5. The smallest absolute Gasteiger partial charge is 0.243 e. The molecule has 1 aliphatic heterocycles. The molecule has 1 unspecified atom stereocenters. The van der Waals surface area contributed by atoms with Gasteiger partial charge >= 0.3 is 0 Å². The Balaban J connectivity index is 1.48. The number of rotatable bonds is 17. The number of hydrogen-bond donors (Lipinski definition) is 4. The quantitative estimate of drug-likeness (QED) is 0.198. The maximum absolute atomic E-state index is 13.7. The van der Waals surface area contributed by atoms with Crippen LogP contribution in [0.3, 0.4) is 0 Å². The van der Waals surface area contributed by atoms with Crippen molar-refractivity contribution in [2.24, 2.45) is 11.1 Å². The van der Waals surface area contributed by atoms with E-state index in [2.05, 4.69) is 15.6 Å². The van der Waals surface area contributed by atoms with Crippen LogP contribution in [0.15, 0.2) is 29.8 Å². The van der Waals surface area contributed by atoms with Crippen molar-refractivity contribution < 1.29 is 28.9 Å². The maximum atomic E-state index is 13.7. The average Bonchev–Trinajstić information content (AvgIpc) is 3.57. The molecule has 2 aromatic rings. The van der Waals surface area contributed by atoms with Crippen molar-refractivity contribution in [1.29, 1.82) is 0 Å². The molecule has 5 N–H and O–H groups in total. The highest BCUT2D eigenvalue weighted by molar-refractivity contribution is 7.13. The lowest BCUT2D eigenvalue weighted by atomic mass is 9.85. The van der Waals surface area contributed by atoms with Gasteiger partial charge < -0.3 is 40.6 Å². The minimum absolute atomic E-state index is 0.122. The molecule has 1 aliphatic rings. The standard InChI is InChI=1S/C30H47N5O6S/c1-21-26(42-20-34-21)23-7-5-22(6-8-23)18-33-28(37)25-17-24(36)19-35(25)29(38)27(30(2,3)4)32-10-12-40-14-16-41-15-13-39-11-9-31/h5-8,20,24-25,27,32,36H,9-19,31H2,1-4H3,(H,33,37)/t24-,25?,27-/m1/s1. The van der Waals surface area contributed by atoms with Crippen molar-refractivity contribution in [2.45, 2.75) is 58.8 Å². The first kappa shape index (κ1) is 34.0. The van der Waals surface area contributed by atoms with Crippen LogP contribution in [0.25, 0.3) is 10.4 Å². The van der Waals surface area contributed by atoms with Gasteiger partial charge in [-0.05, 0) is 23.5 Å². The first-order valence-corrected chi connectivity index (χ1v) is 15.4. The van der Waals surface area contributed by atoms with Gasteiger partial charge in [-0.1, -0.05) is 45.0 Å². The maximum Gasteiger partial charge on any atom is 0.243 e. The Morgan fingerprint density at radius 2 is 1.74 bits per heavy atom. The Kier molecular flexibility index (Phi) is 13.8. The van der Waals surface area contributed by atoms with Gasteiger partial charge in [-0.15, -0.1) is 11.3 Å². The lowest BCUT2D eigenvalue weighted by molar-refractivity contribution is -0.142. The fourth-order valence-electron chi connectivity index (χ4n) is 4.80. The van der Waals surface area contributed by atoms with Crippen LogP contribution in [0.4, 0.5) is 0 Å². The van der Waals surface area contributed by atoms with Gasteiger partial charge in [0, 0.05) is 32.6 Å². The number of aryl methyl sites for hydroxylation is 1. The third-order valence-electron chi connectivity index (χ3n) is 7.01. The second-order valence-electron chi connectivity index (χ2n) is 11.5. The van der Waals surface area contributed by atoms with Crippen LogP contribution < -0.4 is 16.4 Å². The molecule has 12 heteroatoms. The van der Waals surface area contributed by atoms with Crippen molar-refractivity contribution in [3.8, 4) is 10.4 Å². The van der Waals surface area contributed by atoms with Crippen LogP contribution >= 0.6 is 11.3 Å². The highest BCUT2D eigenvalue weighted by atomic mass is 32.1. The first-order valence-electron chi connectivity index (χ1n) is 14.5. The summed E-state index contributed by atoms with van der Waals surface area (Å²) in [6, 6.07) is 6.71. The minimum Gasteiger partial charge on any atom is -0.391 e. The largest absolute Gasteiger partial charge is 0.391 e. The molecule has 0 radical (unpaired) electrons. The van der Waals surface area contributed by atoms with Crippen LogP contribution in [-0.4, -0.2) is 104 Å². The van der Waals surface area contributed by atoms with Gasteiger partial charge in [-0.25, -0.2) is 4.98 Å². The number of thiazole rings is 1. The number of nitrogens with two attached hydrogens (primary N) is 1. The molecule has 0 aliphatic carbocycles. The topological polar surface area (TPSA) is 148 Å². The van der Waals surface area contributed by atoms with Crippen molar-refractivity contribution in [3.63, 3.8) is 0 Å². The molecule has 2 heterocycles. The fourth-order valence-corrected chi connectivity index (χ4v) is 5.61. The second-order valence-corrected chi connectivity index (χ2v) is 12.3. The van der Waals surface area contributed by atoms with E-state index in [1.54, 1.807) is 11.3 Å². The Morgan fingerprint density at radius 1 is 1.10 bits per heavy atom. The Labute approximate surface area is 253 Å². The van der Waals surface area contributed by atoms with Gasteiger partial charge in [0.1, 0.15) is 6.04 Å².